The molecule has 0 aromatic carbocycles. The van der Waals surface area contributed by atoms with E-state index in [-0.39, 0.29) is 25.6 Å². The highest BCUT2D eigenvalue weighted by Gasteiger charge is 2.26. The Balaban J connectivity index is 4.05. The Labute approximate surface area is 358 Å². The van der Waals surface area contributed by atoms with Gasteiger partial charge in [0.1, 0.15) is 12.2 Å². The lowest BCUT2D eigenvalue weighted by Crippen LogP contribution is -2.29. The number of phosphoric acid groups is 1. The molecule has 0 aliphatic heterocycles. The molecule has 0 aliphatic rings. The Morgan fingerprint density at radius 3 is 1.29 bits per heavy atom. The van der Waals surface area contributed by atoms with Gasteiger partial charge >= 0.3 is 13.8 Å². The molecule has 0 radical (unpaired) electrons. The van der Waals surface area contributed by atoms with Crippen molar-refractivity contribution in [3.63, 3.8) is 0 Å². The molecule has 0 saturated heterocycles. The second-order valence-electron chi connectivity index (χ2n) is 16.8. The number of rotatable bonds is 48. The van der Waals surface area contributed by atoms with Crippen LogP contribution in [-0.2, 0) is 27.9 Å². The summed E-state index contributed by atoms with van der Waals surface area (Å²) in [5, 5.41) is 18.4. The normalized spacial score (nSPS) is 13.9. The van der Waals surface area contributed by atoms with Gasteiger partial charge in [-0.1, -0.05) is 212 Å². The second kappa shape index (κ2) is 45.7. The van der Waals surface area contributed by atoms with Crippen molar-refractivity contribution in [1.82, 2.24) is 0 Å². The van der Waals surface area contributed by atoms with E-state index in [1.807, 2.05) is 0 Å². The zero-order chi connectivity index (χ0) is 42.5. The molecule has 346 valence electrons. The fourth-order valence-electron chi connectivity index (χ4n) is 7.18. The molecule has 0 spiro atoms. The van der Waals surface area contributed by atoms with Crippen LogP contribution in [0.25, 0.3) is 0 Å². The average molecular weight is 847 g/mol. The molecule has 0 aromatic rings. The van der Waals surface area contributed by atoms with Crippen LogP contribution in [0.3, 0.4) is 0 Å². The number of aliphatic hydroxyl groups excluding tert-OH is 2. The van der Waals surface area contributed by atoms with Gasteiger partial charge in [0.25, 0.3) is 0 Å². The largest absolute Gasteiger partial charge is 0.472 e. The van der Waals surface area contributed by atoms with Gasteiger partial charge in [-0.05, 0) is 38.5 Å². The van der Waals surface area contributed by atoms with Gasteiger partial charge in [0.05, 0.1) is 26.4 Å². The Morgan fingerprint density at radius 2 is 0.879 bits per heavy atom. The van der Waals surface area contributed by atoms with Gasteiger partial charge in [-0.3, -0.25) is 13.8 Å². The van der Waals surface area contributed by atoms with Crippen LogP contribution in [0.5, 0.6) is 0 Å². The minimum Gasteiger partial charge on any atom is -0.457 e. The van der Waals surface area contributed by atoms with E-state index in [0.29, 0.717) is 6.61 Å². The first-order valence-corrected chi connectivity index (χ1v) is 26.2. The molecular formula is C48H95O9P. The van der Waals surface area contributed by atoms with Crippen molar-refractivity contribution >= 4 is 13.8 Å². The Bertz CT molecular complexity index is 918. The van der Waals surface area contributed by atoms with Crippen LogP contribution in [0, 0.1) is 0 Å². The molecule has 0 rings (SSSR count). The lowest BCUT2D eigenvalue weighted by atomic mass is 10.0. The molecule has 0 heterocycles. The summed E-state index contributed by atoms with van der Waals surface area (Å²) in [6, 6.07) is 0. The predicted molar refractivity (Wildman–Crippen MR) is 242 cm³/mol. The number of allylic oxidation sites excluding steroid dienone is 2. The number of hydrogen-bond donors (Lipinski definition) is 3. The number of phosphoric ester groups is 1. The summed E-state index contributed by atoms with van der Waals surface area (Å²) in [6.07, 6.45) is 47.5. The number of aliphatic hydroxyl groups is 2. The van der Waals surface area contributed by atoms with Crippen LogP contribution in [0.4, 0.5) is 0 Å². The molecule has 0 aromatic heterocycles. The summed E-state index contributed by atoms with van der Waals surface area (Å²) in [6.45, 7) is 3.57. The molecular weight excluding hydrogens is 751 g/mol. The summed E-state index contributed by atoms with van der Waals surface area (Å²) in [7, 11) is -4.52. The molecule has 0 bridgehead atoms. The standard InChI is InChI=1S/C48H95O9P/c1-3-5-7-9-11-13-15-17-19-21-22-23-24-25-27-29-31-33-35-37-39-41-54-44-47(45-56-58(52,53)55-43-46(50)42-49)57-48(51)40-38-36-34-32-30-28-26-20-18-16-14-12-10-8-6-4-2/h20,26,46-47,49-50H,3-19,21-25,27-45H2,1-2H3,(H,52,53)/b26-20-. The molecule has 3 atom stereocenters. The first-order valence-electron chi connectivity index (χ1n) is 24.7. The molecule has 58 heavy (non-hydrogen) atoms. The molecule has 10 heteroatoms. The summed E-state index contributed by atoms with van der Waals surface area (Å²) in [5.41, 5.74) is 0. The topological polar surface area (TPSA) is 132 Å². The van der Waals surface area contributed by atoms with Crippen molar-refractivity contribution in [3.8, 4) is 0 Å². The van der Waals surface area contributed by atoms with Crippen LogP contribution in [0.2, 0.25) is 0 Å². The van der Waals surface area contributed by atoms with Crippen LogP contribution in [-0.4, -0.2) is 66.3 Å². The highest BCUT2D eigenvalue weighted by atomic mass is 31.2. The fraction of sp³-hybridized carbons (Fsp3) is 0.938. The van der Waals surface area contributed by atoms with Gasteiger partial charge in [-0.15, -0.1) is 0 Å². The number of carbonyl (C=O) groups excluding carboxylic acids is 1. The molecule has 3 N–H and O–H groups in total. The van der Waals surface area contributed by atoms with E-state index in [1.54, 1.807) is 0 Å². The second-order valence-corrected chi connectivity index (χ2v) is 18.3. The number of ether oxygens (including phenoxy) is 2. The van der Waals surface area contributed by atoms with Gasteiger partial charge in [0.2, 0.25) is 0 Å². The van der Waals surface area contributed by atoms with Crippen LogP contribution in [0.15, 0.2) is 12.2 Å². The average Bonchev–Trinajstić information content (AvgIpc) is 3.21. The van der Waals surface area contributed by atoms with Crippen molar-refractivity contribution in [2.45, 2.75) is 257 Å². The highest BCUT2D eigenvalue weighted by Crippen LogP contribution is 2.43. The fourth-order valence-corrected chi connectivity index (χ4v) is 7.97. The third-order valence-electron chi connectivity index (χ3n) is 11.0. The van der Waals surface area contributed by atoms with Crippen molar-refractivity contribution in [1.29, 1.82) is 0 Å². The van der Waals surface area contributed by atoms with Crippen LogP contribution >= 0.6 is 7.82 Å². The lowest BCUT2D eigenvalue weighted by molar-refractivity contribution is -0.154. The summed E-state index contributed by atoms with van der Waals surface area (Å²) >= 11 is 0. The summed E-state index contributed by atoms with van der Waals surface area (Å²) in [4.78, 5) is 22.6. The quantitative estimate of drug-likeness (QED) is 0.0237. The van der Waals surface area contributed by atoms with Crippen molar-refractivity contribution in [3.05, 3.63) is 12.2 Å². The maximum absolute atomic E-state index is 12.6. The maximum atomic E-state index is 12.6. The van der Waals surface area contributed by atoms with Gasteiger partial charge in [-0.25, -0.2) is 4.57 Å². The zero-order valence-electron chi connectivity index (χ0n) is 38.0. The van der Waals surface area contributed by atoms with Gasteiger partial charge < -0.3 is 24.6 Å². The third-order valence-corrected chi connectivity index (χ3v) is 11.9. The van der Waals surface area contributed by atoms with E-state index in [4.69, 9.17) is 23.6 Å². The smallest absolute Gasteiger partial charge is 0.457 e. The molecule has 0 fully saturated rings. The number of hydrogen-bond acceptors (Lipinski definition) is 8. The molecule has 0 saturated carbocycles. The number of carbonyl (C=O) groups is 1. The van der Waals surface area contributed by atoms with E-state index in [1.165, 1.54) is 173 Å². The minimum absolute atomic E-state index is 0.0523. The van der Waals surface area contributed by atoms with Gasteiger partial charge in [0, 0.05) is 13.0 Å². The molecule has 9 nitrogen and oxygen atoms in total. The van der Waals surface area contributed by atoms with Gasteiger partial charge in [0.15, 0.2) is 0 Å². The Hall–Kier alpha value is -0.800. The maximum Gasteiger partial charge on any atom is 0.472 e. The monoisotopic (exact) mass is 847 g/mol. The molecule has 0 amide bonds. The summed E-state index contributed by atoms with van der Waals surface area (Å²) in [5.74, 6) is -0.385. The van der Waals surface area contributed by atoms with Gasteiger partial charge in [-0.2, -0.15) is 0 Å². The first kappa shape index (κ1) is 57.2. The highest BCUT2D eigenvalue weighted by molar-refractivity contribution is 7.47. The van der Waals surface area contributed by atoms with E-state index >= 15 is 0 Å². The number of unbranched alkanes of at least 4 members (excludes halogenated alkanes) is 32. The van der Waals surface area contributed by atoms with Crippen molar-refractivity contribution in [2.24, 2.45) is 0 Å². The number of esters is 1. The SMILES string of the molecule is CCCCCCCCC/C=C\CCCCCCCC(=O)OC(COCCCCCCCCCCCCCCCCCCCCCCC)COP(=O)(O)OCC(O)CO. The van der Waals surface area contributed by atoms with Crippen LogP contribution in [0.1, 0.15) is 245 Å². The first-order chi connectivity index (χ1) is 28.3. The van der Waals surface area contributed by atoms with Crippen LogP contribution < -0.4 is 0 Å². The van der Waals surface area contributed by atoms with E-state index < -0.39 is 33.2 Å². The zero-order valence-corrected chi connectivity index (χ0v) is 38.9. The molecule has 0 aliphatic carbocycles. The van der Waals surface area contributed by atoms with E-state index in [2.05, 4.69) is 26.0 Å². The van der Waals surface area contributed by atoms with Crippen molar-refractivity contribution < 1.29 is 43.0 Å². The predicted octanol–water partition coefficient (Wildman–Crippen LogP) is 14.0. The Morgan fingerprint density at radius 1 is 0.517 bits per heavy atom. The van der Waals surface area contributed by atoms with Crippen molar-refractivity contribution in [2.75, 3.05) is 33.0 Å². The van der Waals surface area contributed by atoms with E-state index in [9.17, 15) is 19.4 Å². The molecule has 3 unspecified atom stereocenters. The lowest BCUT2D eigenvalue weighted by Gasteiger charge is -2.20. The Kier molecular flexibility index (Phi) is 45.1. The van der Waals surface area contributed by atoms with E-state index in [0.717, 1.165) is 51.4 Å². The summed E-state index contributed by atoms with van der Waals surface area (Å²) < 4.78 is 33.5. The minimum atomic E-state index is -4.52. The third kappa shape index (κ3) is 44.7.